The van der Waals surface area contributed by atoms with Gasteiger partial charge in [-0.1, -0.05) is 6.07 Å². The molecule has 3 aromatic heterocycles. The minimum absolute atomic E-state index is 0.459. The van der Waals surface area contributed by atoms with Crippen LogP contribution in [0.1, 0.15) is 11.3 Å². The molecule has 7 heteroatoms. The molecule has 0 bridgehead atoms. The molecule has 0 amide bonds. The van der Waals surface area contributed by atoms with Crippen LogP contribution >= 0.6 is 0 Å². The second kappa shape index (κ2) is 5.08. The fraction of sp³-hybridized carbons (Fsp3) is 0.143. The summed E-state index contributed by atoms with van der Waals surface area (Å²) in [7, 11) is 0. The molecule has 3 aromatic rings. The number of nitrogens with one attached hydrogen (secondary N) is 1. The number of halogens is 3. The molecule has 1 N–H and O–H groups in total. The molecule has 3 rings (SSSR count). The zero-order chi connectivity index (χ0) is 14.9. The summed E-state index contributed by atoms with van der Waals surface area (Å²) in [6, 6.07) is 8.02. The van der Waals surface area contributed by atoms with Crippen LogP contribution < -0.4 is 5.32 Å². The van der Waals surface area contributed by atoms with Crippen molar-refractivity contribution in [2.75, 3.05) is 5.32 Å². The van der Waals surface area contributed by atoms with Crippen molar-refractivity contribution in [3.05, 3.63) is 60.2 Å². The summed E-state index contributed by atoms with van der Waals surface area (Å²) in [6.45, 7) is 0.459. The lowest BCUT2D eigenvalue weighted by Crippen LogP contribution is -2.08. The summed E-state index contributed by atoms with van der Waals surface area (Å²) < 4.78 is 39.0. The van der Waals surface area contributed by atoms with E-state index in [-0.39, 0.29) is 0 Å². The normalized spacial score (nSPS) is 11.8. The highest BCUT2D eigenvalue weighted by molar-refractivity contribution is 5.55. The van der Waals surface area contributed by atoms with Gasteiger partial charge in [-0.05, 0) is 24.3 Å². The Morgan fingerprint density at radius 2 is 1.95 bits per heavy atom. The highest BCUT2D eigenvalue weighted by Gasteiger charge is 2.31. The summed E-state index contributed by atoms with van der Waals surface area (Å²) in [4.78, 5) is 3.40. The van der Waals surface area contributed by atoms with E-state index < -0.39 is 11.9 Å². The topological polar surface area (TPSA) is 42.2 Å². The van der Waals surface area contributed by atoms with Crippen LogP contribution in [0.2, 0.25) is 0 Å². The molecule has 108 valence electrons. The Kier molecular flexibility index (Phi) is 3.25. The number of aromatic nitrogens is 3. The van der Waals surface area contributed by atoms with Crippen molar-refractivity contribution in [3.63, 3.8) is 0 Å². The Bertz CT molecular complexity index is 747. The molecule has 3 heterocycles. The molecule has 0 radical (unpaired) electrons. The first kappa shape index (κ1) is 13.4. The number of anilines is 1. The lowest BCUT2D eigenvalue weighted by molar-refractivity contribution is -0.141. The Labute approximate surface area is 118 Å². The average Bonchev–Trinajstić information content (AvgIpc) is 2.88. The van der Waals surface area contributed by atoms with E-state index in [2.05, 4.69) is 15.4 Å². The second-order valence-corrected chi connectivity index (χ2v) is 4.48. The molecule has 0 spiro atoms. The van der Waals surface area contributed by atoms with Crippen LogP contribution in [0.3, 0.4) is 0 Å². The Balaban J connectivity index is 1.73. The van der Waals surface area contributed by atoms with Gasteiger partial charge in [0.25, 0.3) is 0 Å². The largest absolute Gasteiger partial charge is 0.433 e. The minimum Gasteiger partial charge on any atom is -0.380 e. The number of hydrogen-bond donors (Lipinski definition) is 1. The molecule has 0 atom stereocenters. The quantitative estimate of drug-likeness (QED) is 0.805. The van der Waals surface area contributed by atoms with Gasteiger partial charge in [-0.25, -0.2) is 9.50 Å². The smallest absolute Gasteiger partial charge is 0.380 e. The first-order valence-electron chi connectivity index (χ1n) is 6.22. The maximum atomic E-state index is 12.4. The standard InChI is InChI=1S/C14H11F3N4/c15-14(16,17)13-5-4-11(9-19-13)18-7-10-8-20-21-6-2-1-3-12(10)21/h1-6,8-9,18H,7H2. The monoisotopic (exact) mass is 292 g/mol. The summed E-state index contributed by atoms with van der Waals surface area (Å²) >= 11 is 0. The maximum Gasteiger partial charge on any atom is 0.433 e. The van der Waals surface area contributed by atoms with Crippen molar-refractivity contribution in [1.29, 1.82) is 0 Å². The van der Waals surface area contributed by atoms with E-state index in [9.17, 15) is 13.2 Å². The maximum absolute atomic E-state index is 12.4. The first-order chi connectivity index (χ1) is 10.0. The first-order valence-corrected chi connectivity index (χ1v) is 6.22. The predicted octanol–water partition coefficient (Wildman–Crippen LogP) is 3.36. The molecular formula is C14H11F3N4. The van der Waals surface area contributed by atoms with Crippen LogP contribution in [-0.2, 0) is 12.7 Å². The molecule has 0 aliphatic carbocycles. The zero-order valence-electron chi connectivity index (χ0n) is 10.8. The number of rotatable bonds is 3. The molecule has 0 unspecified atom stereocenters. The minimum atomic E-state index is -4.42. The number of pyridine rings is 2. The number of hydrogen-bond acceptors (Lipinski definition) is 3. The van der Waals surface area contributed by atoms with Crippen molar-refractivity contribution < 1.29 is 13.2 Å². The number of nitrogens with zero attached hydrogens (tertiary/aromatic N) is 3. The van der Waals surface area contributed by atoms with Crippen LogP contribution in [0.4, 0.5) is 18.9 Å². The van der Waals surface area contributed by atoms with Gasteiger partial charge in [0.2, 0.25) is 0 Å². The van der Waals surface area contributed by atoms with E-state index in [0.717, 1.165) is 17.1 Å². The van der Waals surface area contributed by atoms with Crippen LogP contribution in [0.15, 0.2) is 48.9 Å². The third-order valence-electron chi connectivity index (χ3n) is 3.04. The molecule has 0 aromatic carbocycles. The van der Waals surface area contributed by atoms with Crippen LogP contribution in [0.5, 0.6) is 0 Å². The van der Waals surface area contributed by atoms with Crippen LogP contribution in [0, 0.1) is 0 Å². The van der Waals surface area contributed by atoms with E-state index in [4.69, 9.17) is 0 Å². The molecule has 21 heavy (non-hydrogen) atoms. The fourth-order valence-corrected chi connectivity index (χ4v) is 1.99. The van der Waals surface area contributed by atoms with E-state index in [1.54, 1.807) is 10.7 Å². The van der Waals surface area contributed by atoms with Gasteiger partial charge >= 0.3 is 6.18 Å². The Hall–Kier alpha value is -2.57. The Morgan fingerprint density at radius 3 is 2.67 bits per heavy atom. The van der Waals surface area contributed by atoms with Crippen LogP contribution in [-0.4, -0.2) is 14.6 Å². The highest BCUT2D eigenvalue weighted by atomic mass is 19.4. The van der Waals surface area contributed by atoms with E-state index in [1.807, 2.05) is 24.4 Å². The van der Waals surface area contributed by atoms with Gasteiger partial charge in [0, 0.05) is 18.3 Å². The second-order valence-electron chi connectivity index (χ2n) is 4.48. The molecule has 0 saturated carbocycles. The summed E-state index contributed by atoms with van der Waals surface area (Å²) in [5.41, 5.74) is 1.53. The van der Waals surface area contributed by atoms with Crippen molar-refractivity contribution in [3.8, 4) is 0 Å². The molecule has 4 nitrogen and oxygen atoms in total. The SMILES string of the molecule is FC(F)(F)c1ccc(NCc2cnn3ccccc23)cn1. The van der Waals surface area contributed by atoms with Crippen molar-refractivity contribution in [2.45, 2.75) is 12.7 Å². The van der Waals surface area contributed by atoms with Crippen molar-refractivity contribution >= 4 is 11.2 Å². The fourth-order valence-electron chi connectivity index (χ4n) is 1.99. The Morgan fingerprint density at radius 1 is 1.10 bits per heavy atom. The van der Waals surface area contributed by atoms with Crippen LogP contribution in [0.25, 0.3) is 5.52 Å². The summed E-state index contributed by atoms with van der Waals surface area (Å²) in [6.07, 6.45) is 0.313. The molecule has 0 aliphatic heterocycles. The number of fused-ring (bicyclic) bond motifs is 1. The van der Waals surface area contributed by atoms with Gasteiger partial charge < -0.3 is 5.32 Å². The van der Waals surface area contributed by atoms with E-state index in [1.165, 1.54) is 12.3 Å². The van der Waals surface area contributed by atoms with Gasteiger partial charge in [-0.2, -0.15) is 18.3 Å². The molecule has 0 saturated heterocycles. The van der Waals surface area contributed by atoms with Gasteiger partial charge in [0.1, 0.15) is 5.69 Å². The van der Waals surface area contributed by atoms with Crippen molar-refractivity contribution in [2.24, 2.45) is 0 Å². The van der Waals surface area contributed by atoms with Gasteiger partial charge in [0.15, 0.2) is 0 Å². The highest BCUT2D eigenvalue weighted by Crippen LogP contribution is 2.27. The average molecular weight is 292 g/mol. The third kappa shape index (κ3) is 2.81. The number of alkyl halides is 3. The lowest BCUT2D eigenvalue weighted by Gasteiger charge is -2.08. The third-order valence-corrected chi connectivity index (χ3v) is 3.04. The summed E-state index contributed by atoms with van der Waals surface area (Å²) in [5.74, 6) is 0. The predicted molar refractivity (Wildman–Crippen MR) is 71.8 cm³/mol. The zero-order valence-corrected chi connectivity index (χ0v) is 10.8. The van der Waals surface area contributed by atoms with Crippen molar-refractivity contribution in [1.82, 2.24) is 14.6 Å². The van der Waals surface area contributed by atoms with E-state index in [0.29, 0.717) is 12.2 Å². The van der Waals surface area contributed by atoms with Gasteiger partial charge in [0.05, 0.1) is 23.6 Å². The van der Waals surface area contributed by atoms with E-state index >= 15 is 0 Å². The molecule has 0 fully saturated rings. The van der Waals surface area contributed by atoms with Gasteiger partial charge in [-0.15, -0.1) is 0 Å². The molecule has 0 aliphatic rings. The lowest BCUT2D eigenvalue weighted by atomic mass is 10.2. The van der Waals surface area contributed by atoms with Gasteiger partial charge in [-0.3, -0.25) is 0 Å². The molecular weight excluding hydrogens is 281 g/mol. The summed E-state index contributed by atoms with van der Waals surface area (Å²) in [5, 5.41) is 7.22.